The molecule has 250 valence electrons. The number of halogens is 3. The van der Waals surface area contributed by atoms with Crippen LogP contribution in [0.4, 0.5) is 15.8 Å². The summed E-state index contributed by atoms with van der Waals surface area (Å²) in [5.74, 6) is -2.89. The minimum absolute atomic E-state index is 0.133. The number of benzene rings is 2. The molecule has 1 unspecified atom stereocenters. The van der Waals surface area contributed by atoms with Gasteiger partial charge in [-0.2, -0.15) is 9.49 Å². The van der Waals surface area contributed by atoms with Gasteiger partial charge in [-0.1, -0.05) is 53.5 Å². The largest absolute Gasteiger partial charge is 0.480 e. The lowest BCUT2D eigenvalue weighted by Crippen LogP contribution is -2.31. The van der Waals surface area contributed by atoms with Gasteiger partial charge in [0.05, 0.1) is 39.8 Å². The number of nitrogens with zero attached hydrogens (tertiary/aromatic N) is 4. The maximum Gasteiger partial charge on any atom is 0.317 e. The van der Waals surface area contributed by atoms with Gasteiger partial charge in [-0.25, -0.2) is 4.98 Å². The minimum atomic E-state index is -0.971. The number of β-amino-alcohol motifs (C(OH)–C–C–N with tert-alkyl or cyclic N) is 1. The van der Waals surface area contributed by atoms with Crippen molar-refractivity contribution >= 4 is 52.4 Å². The fourth-order valence-electron chi connectivity index (χ4n) is 5.96. The van der Waals surface area contributed by atoms with E-state index in [1.165, 1.54) is 12.1 Å². The van der Waals surface area contributed by atoms with E-state index < -0.39 is 29.8 Å². The van der Waals surface area contributed by atoms with Gasteiger partial charge in [0, 0.05) is 48.9 Å². The van der Waals surface area contributed by atoms with Gasteiger partial charge in [0.25, 0.3) is 11.8 Å². The number of pyridine rings is 1. The lowest BCUT2D eigenvalue weighted by molar-refractivity contribution is -0.136. The molecule has 0 radical (unpaired) electrons. The second kappa shape index (κ2) is 14.4. The van der Waals surface area contributed by atoms with Crippen LogP contribution < -0.4 is 16.0 Å². The molecule has 2 aromatic carbocycles. The Kier molecular flexibility index (Phi) is 10.0. The van der Waals surface area contributed by atoms with E-state index in [0.29, 0.717) is 48.4 Å². The highest BCUT2D eigenvalue weighted by Crippen LogP contribution is 2.40. The third kappa shape index (κ3) is 7.35. The highest BCUT2D eigenvalue weighted by molar-refractivity contribution is 6.40. The number of hydrogen-bond donors (Lipinski definition) is 5. The molecule has 0 bridgehead atoms. The number of aliphatic hydroxyl groups is 1. The molecule has 48 heavy (non-hydrogen) atoms. The van der Waals surface area contributed by atoms with Gasteiger partial charge in [-0.3, -0.25) is 29.3 Å². The highest BCUT2D eigenvalue weighted by atomic mass is 35.5. The first kappa shape index (κ1) is 33.5. The van der Waals surface area contributed by atoms with Crippen molar-refractivity contribution < 1.29 is 29.0 Å². The third-order valence-corrected chi connectivity index (χ3v) is 9.16. The number of carbonyl (C=O) groups excluding carboxylic acids is 2. The molecule has 4 heterocycles. The van der Waals surface area contributed by atoms with Crippen LogP contribution in [0, 0.1) is 5.95 Å². The number of carboxylic acids is 1. The number of likely N-dealkylation sites (tertiary alicyclic amines) is 1. The van der Waals surface area contributed by atoms with Crippen molar-refractivity contribution in [2.45, 2.75) is 44.5 Å². The van der Waals surface area contributed by atoms with Gasteiger partial charge >= 0.3 is 5.97 Å². The Balaban J connectivity index is 1.16. The first-order valence-electron chi connectivity index (χ1n) is 15.4. The van der Waals surface area contributed by atoms with Crippen molar-refractivity contribution in [3.63, 3.8) is 0 Å². The maximum atomic E-state index is 14.8. The van der Waals surface area contributed by atoms with Crippen molar-refractivity contribution in [2.75, 3.05) is 30.3 Å². The van der Waals surface area contributed by atoms with Crippen LogP contribution in [-0.4, -0.2) is 73.4 Å². The van der Waals surface area contributed by atoms with E-state index in [1.54, 1.807) is 47.1 Å². The Morgan fingerprint density at radius 2 is 1.58 bits per heavy atom. The smallest absolute Gasteiger partial charge is 0.317 e. The summed E-state index contributed by atoms with van der Waals surface area (Å²) in [6.07, 6.45) is 1.70. The molecule has 6 rings (SSSR count). The first-order valence-corrected chi connectivity index (χ1v) is 16.1. The zero-order valence-corrected chi connectivity index (χ0v) is 27.1. The van der Waals surface area contributed by atoms with Crippen LogP contribution in [0.2, 0.25) is 10.0 Å². The van der Waals surface area contributed by atoms with Crippen LogP contribution >= 0.6 is 23.2 Å². The summed E-state index contributed by atoms with van der Waals surface area (Å²) >= 11 is 13.5. The lowest BCUT2D eigenvalue weighted by Gasteiger charge is -2.23. The van der Waals surface area contributed by atoms with Crippen LogP contribution in [0.15, 0.2) is 54.6 Å². The van der Waals surface area contributed by atoms with E-state index >= 15 is 0 Å². The third-order valence-electron chi connectivity index (χ3n) is 8.35. The lowest BCUT2D eigenvalue weighted by atomic mass is 10.0. The Hall–Kier alpha value is -4.40. The topological polar surface area (TPSA) is 162 Å². The normalized spacial score (nSPS) is 17.6. The molecule has 0 saturated carbocycles. The number of aliphatic hydroxyl groups excluding tert-OH is 1. The van der Waals surface area contributed by atoms with Gasteiger partial charge in [0.2, 0.25) is 5.95 Å². The summed E-state index contributed by atoms with van der Waals surface area (Å²) in [5, 5.41) is 32.0. The average molecular weight is 697 g/mol. The Morgan fingerprint density at radius 1 is 0.917 bits per heavy atom. The molecule has 0 aliphatic carbocycles. The molecule has 2 aliphatic rings. The zero-order valence-electron chi connectivity index (χ0n) is 25.5. The Labute approximate surface area is 284 Å². The second-order valence-electron chi connectivity index (χ2n) is 11.7. The number of carbonyl (C=O) groups is 3. The van der Waals surface area contributed by atoms with E-state index in [2.05, 4.69) is 26.0 Å². The first-order chi connectivity index (χ1) is 23.1. The minimum Gasteiger partial charge on any atom is -0.480 e. The number of hydrogen-bond acceptors (Lipinski definition) is 8. The molecule has 1 saturated heterocycles. The molecule has 2 aromatic heterocycles. The SMILES string of the molecule is O=C(O)CNC1CCCn2nc(C(=O)Nc3cccc(-c4cccc(NC(=O)c5ccc(CN6CC[C@@H](O)C6)c(F)n5)c4Cl)c3Cl)cc21. The fourth-order valence-corrected chi connectivity index (χ4v) is 6.51. The van der Waals surface area contributed by atoms with E-state index in [-0.39, 0.29) is 46.3 Å². The molecule has 2 amide bonds. The number of rotatable bonds is 10. The summed E-state index contributed by atoms with van der Waals surface area (Å²) in [7, 11) is 0. The summed E-state index contributed by atoms with van der Waals surface area (Å²) in [5.41, 5.74) is 2.59. The van der Waals surface area contributed by atoms with Crippen molar-refractivity contribution in [3.8, 4) is 11.1 Å². The molecule has 5 N–H and O–H groups in total. The quantitative estimate of drug-likeness (QED) is 0.144. The summed E-state index contributed by atoms with van der Waals surface area (Å²) in [4.78, 5) is 43.1. The van der Waals surface area contributed by atoms with E-state index in [1.807, 2.05) is 4.90 Å². The molecular weight excluding hydrogens is 664 g/mol. The van der Waals surface area contributed by atoms with Gasteiger partial charge in [0.15, 0.2) is 5.69 Å². The van der Waals surface area contributed by atoms with Crippen LogP contribution in [0.3, 0.4) is 0 Å². The molecule has 0 spiro atoms. The van der Waals surface area contributed by atoms with Gasteiger partial charge < -0.3 is 20.8 Å². The van der Waals surface area contributed by atoms with E-state index in [0.717, 1.165) is 18.5 Å². The van der Waals surface area contributed by atoms with Crippen molar-refractivity contribution in [1.29, 1.82) is 0 Å². The molecule has 2 aliphatic heterocycles. The zero-order chi connectivity index (χ0) is 33.9. The molecule has 12 nitrogen and oxygen atoms in total. The number of aromatic nitrogens is 3. The van der Waals surface area contributed by atoms with E-state index in [4.69, 9.17) is 28.3 Å². The van der Waals surface area contributed by atoms with Crippen molar-refractivity contribution in [1.82, 2.24) is 25.0 Å². The van der Waals surface area contributed by atoms with Gasteiger partial charge in [-0.15, -0.1) is 0 Å². The number of aryl methyl sites for hydroxylation is 1. The van der Waals surface area contributed by atoms with Crippen LogP contribution in [-0.2, 0) is 17.9 Å². The summed E-state index contributed by atoms with van der Waals surface area (Å²) in [6.45, 7) is 1.79. The van der Waals surface area contributed by atoms with Gasteiger partial charge in [0.1, 0.15) is 5.69 Å². The average Bonchev–Trinajstić information content (AvgIpc) is 3.69. The molecule has 15 heteroatoms. The van der Waals surface area contributed by atoms with Crippen molar-refractivity contribution in [3.05, 3.63) is 93.2 Å². The van der Waals surface area contributed by atoms with Crippen molar-refractivity contribution in [2.24, 2.45) is 0 Å². The van der Waals surface area contributed by atoms with Crippen LogP contribution in [0.1, 0.15) is 57.5 Å². The monoisotopic (exact) mass is 695 g/mol. The van der Waals surface area contributed by atoms with Crippen LogP contribution in [0.5, 0.6) is 0 Å². The number of nitrogens with one attached hydrogen (secondary N) is 3. The predicted octanol–water partition coefficient (Wildman–Crippen LogP) is 4.97. The standard InChI is InChI=1S/C33H32Cl2FN7O5/c34-29-20(4-1-6-23(29)39-32(47)25-10-9-18(31(36)38-25)16-42-13-11-19(44)17-42)21-5-2-7-24(30(21)35)40-33(48)26-14-27-22(37-15-28(45)46)8-3-12-43(27)41-26/h1-2,4-7,9-10,14,19,22,37,44H,3,8,11-13,15-17H2,(H,39,47)(H,40,48)(H,45,46)/t19-,22?/m1/s1. The number of fused-ring (bicyclic) bond motifs is 1. The van der Waals surface area contributed by atoms with Gasteiger partial charge in [-0.05, 0) is 43.5 Å². The Morgan fingerprint density at radius 3 is 2.19 bits per heavy atom. The fraction of sp³-hybridized carbons (Fsp3) is 0.303. The molecule has 1 fully saturated rings. The number of aliphatic carboxylic acids is 1. The van der Waals surface area contributed by atoms with E-state index in [9.17, 15) is 23.9 Å². The predicted molar refractivity (Wildman–Crippen MR) is 178 cm³/mol. The maximum absolute atomic E-state index is 14.8. The number of anilines is 2. The summed E-state index contributed by atoms with van der Waals surface area (Å²) in [6, 6.07) is 14.4. The Bertz CT molecular complexity index is 1890. The number of carboxylic acid groups (broad SMARTS) is 1. The highest BCUT2D eigenvalue weighted by Gasteiger charge is 2.26. The molecular formula is C33H32Cl2FN7O5. The second-order valence-corrected chi connectivity index (χ2v) is 12.5. The number of amides is 2. The molecule has 4 aromatic rings. The van der Waals surface area contributed by atoms with Crippen LogP contribution in [0.25, 0.3) is 11.1 Å². The molecule has 2 atom stereocenters. The summed E-state index contributed by atoms with van der Waals surface area (Å²) < 4.78 is 16.5.